The molecule has 1 saturated heterocycles. The number of benzene rings is 3. The molecule has 3 aromatic carbocycles. The van der Waals surface area contributed by atoms with E-state index in [1.54, 1.807) is 23.5 Å². The molecule has 0 atom stereocenters. The second kappa shape index (κ2) is 7.72. The number of ether oxygens (including phenoxy) is 1. The molecule has 1 fully saturated rings. The molecule has 0 radical (unpaired) electrons. The van der Waals surface area contributed by atoms with Crippen molar-refractivity contribution in [1.29, 1.82) is 0 Å². The third kappa shape index (κ3) is 3.12. The number of nitrogens with zero attached hydrogens (tertiary/aromatic N) is 1. The van der Waals surface area contributed by atoms with E-state index in [1.807, 2.05) is 25.1 Å². The van der Waals surface area contributed by atoms with E-state index >= 15 is 0 Å². The van der Waals surface area contributed by atoms with Gasteiger partial charge in [0.2, 0.25) is 10.0 Å². The number of rotatable bonds is 3. The van der Waals surface area contributed by atoms with Gasteiger partial charge in [0.25, 0.3) is 0 Å². The van der Waals surface area contributed by atoms with Crippen molar-refractivity contribution in [3.63, 3.8) is 0 Å². The van der Waals surface area contributed by atoms with E-state index in [-0.39, 0.29) is 5.41 Å². The van der Waals surface area contributed by atoms with Crippen LogP contribution in [0.1, 0.15) is 40.8 Å². The summed E-state index contributed by atoms with van der Waals surface area (Å²) in [5.41, 5.74) is 7.06. The molecule has 34 heavy (non-hydrogen) atoms. The third-order valence-corrected chi connectivity index (χ3v) is 9.64. The van der Waals surface area contributed by atoms with Crippen LogP contribution in [0.25, 0.3) is 10.9 Å². The summed E-state index contributed by atoms with van der Waals surface area (Å²) < 4.78 is 34.0. The van der Waals surface area contributed by atoms with Crippen LogP contribution in [0, 0.1) is 6.92 Å². The van der Waals surface area contributed by atoms with E-state index in [9.17, 15) is 8.42 Å². The first-order valence-electron chi connectivity index (χ1n) is 11.8. The zero-order valence-corrected chi connectivity index (χ0v) is 20.3. The van der Waals surface area contributed by atoms with Crippen molar-refractivity contribution < 1.29 is 13.2 Å². The van der Waals surface area contributed by atoms with Gasteiger partial charge < -0.3 is 9.72 Å². The Hall–Kier alpha value is -3.09. The number of sulfonamides is 1. The summed E-state index contributed by atoms with van der Waals surface area (Å²) in [4.78, 5) is 4.10. The van der Waals surface area contributed by atoms with Crippen LogP contribution in [0.15, 0.2) is 71.6 Å². The van der Waals surface area contributed by atoms with Gasteiger partial charge in [-0.15, -0.1) is 0 Å². The minimum Gasteiger partial charge on any atom is -0.497 e. The van der Waals surface area contributed by atoms with Crippen LogP contribution in [-0.4, -0.2) is 37.9 Å². The van der Waals surface area contributed by atoms with Crippen molar-refractivity contribution in [2.45, 2.75) is 36.5 Å². The first kappa shape index (κ1) is 21.4. The maximum absolute atomic E-state index is 13.4. The molecule has 1 aromatic heterocycles. The summed E-state index contributed by atoms with van der Waals surface area (Å²) in [6.45, 7) is 2.91. The van der Waals surface area contributed by atoms with Crippen LogP contribution in [0.2, 0.25) is 0 Å². The Morgan fingerprint density at radius 1 is 0.971 bits per heavy atom. The Morgan fingerprint density at radius 2 is 1.71 bits per heavy atom. The topological polar surface area (TPSA) is 62.4 Å². The minimum absolute atomic E-state index is 0.268. The van der Waals surface area contributed by atoms with E-state index in [1.165, 1.54) is 27.8 Å². The fourth-order valence-electron chi connectivity index (χ4n) is 5.89. The van der Waals surface area contributed by atoms with Gasteiger partial charge in [-0.25, -0.2) is 8.42 Å². The van der Waals surface area contributed by atoms with E-state index in [2.05, 4.69) is 41.4 Å². The smallest absolute Gasteiger partial charge is 0.243 e. The molecule has 6 heteroatoms. The molecule has 2 aliphatic rings. The second-order valence-electron chi connectivity index (χ2n) is 9.52. The van der Waals surface area contributed by atoms with Gasteiger partial charge in [0.1, 0.15) is 5.75 Å². The average molecular weight is 473 g/mol. The Kier molecular flexibility index (Phi) is 4.87. The molecular weight excluding hydrogens is 444 g/mol. The minimum atomic E-state index is -3.53. The predicted octanol–water partition coefficient (Wildman–Crippen LogP) is 5.16. The molecule has 174 valence electrons. The SMILES string of the molecule is COc1ccc2c(c1)C1(CCN(S(=O)(=O)c3ccc(C)cc3)CC1)c1[nH]c3ccccc3c1C2. The van der Waals surface area contributed by atoms with Gasteiger partial charge in [-0.3, -0.25) is 0 Å². The van der Waals surface area contributed by atoms with Gasteiger partial charge in [0.05, 0.1) is 12.0 Å². The van der Waals surface area contributed by atoms with E-state index in [0.29, 0.717) is 18.0 Å². The van der Waals surface area contributed by atoms with Crippen LogP contribution < -0.4 is 4.74 Å². The van der Waals surface area contributed by atoms with Crippen molar-refractivity contribution in [2.75, 3.05) is 20.2 Å². The lowest BCUT2D eigenvalue weighted by Gasteiger charge is -2.45. The molecule has 4 aromatic rings. The molecule has 1 aliphatic carbocycles. The highest BCUT2D eigenvalue weighted by Gasteiger charge is 2.46. The van der Waals surface area contributed by atoms with Crippen molar-refractivity contribution in [3.8, 4) is 5.75 Å². The van der Waals surface area contributed by atoms with Crippen LogP contribution in [0.5, 0.6) is 5.75 Å². The summed E-state index contributed by atoms with van der Waals surface area (Å²) in [5, 5.41) is 1.26. The van der Waals surface area contributed by atoms with E-state index in [4.69, 9.17) is 4.74 Å². The van der Waals surface area contributed by atoms with Crippen molar-refractivity contribution in [1.82, 2.24) is 9.29 Å². The first-order valence-corrected chi connectivity index (χ1v) is 13.2. The van der Waals surface area contributed by atoms with Crippen molar-refractivity contribution in [3.05, 3.63) is 94.7 Å². The second-order valence-corrected chi connectivity index (χ2v) is 11.5. The predicted molar refractivity (Wildman–Crippen MR) is 134 cm³/mol. The molecule has 1 N–H and O–H groups in total. The monoisotopic (exact) mass is 472 g/mol. The third-order valence-electron chi connectivity index (χ3n) is 7.73. The normalized spacial score (nSPS) is 17.5. The number of piperidine rings is 1. The van der Waals surface area contributed by atoms with Gasteiger partial charge in [0, 0.05) is 41.5 Å². The average Bonchev–Trinajstić information content (AvgIpc) is 3.24. The number of aromatic nitrogens is 1. The van der Waals surface area contributed by atoms with Gasteiger partial charge in [0.15, 0.2) is 0 Å². The number of aromatic amines is 1. The Labute approximate surface area is 200 Å². The van der Waals surface area contributed by atoms with E-state index in [0.717, 1.165) is 36.1 Å². The lowest BCUT2D eigenvalue weighted by atomic mass is 9.64. The van der Waals surface area contributed by atoms with Crippen LogP contribution in [0.3, 0.4) is 0 Å². The van der Waals surface area contributed by atoms with Crippen LogP contribution in [0.4, 0.5) is 0 Å². The number of aryl methyl sites for hydroxylation is 1. The van der Waals surface area contributed by atoms with Crippen LogP contribution in [-0.2, 0) is 21.9 Å². The van der Waals surface area contributed by atoms with E-state index < -0.39 is 10.0 Å². The quantitative estimate of drug-likeness (QED) is 0.448. The largest absolute Gasteiger partial charge is 0.497 e. The highest BCUT2D eigenvalue weighted by Crippen LogP contribution is 2.50. The van der Waals surface area contributed by atoms with Crippen molar-refractivity contribution in [2.24, 2.45) is 0 Å². The summed E-state index contributed by atoms with van der Waals surface area (Å²) in [6, 6.07) is 22.0. The lowest BCUT2D eigenvalue weighted by molar-refractivity contribution is 0.257. The number of hydrogen-bond donors (Lipinski definition) is 1. The van der Waals surface area contributed by atoms with Gasteiger partial charge in [-0.2, -0.15) is 4.31 Å². The standard InChI is InChI=1S/C28H28N2O3S/c1-19-7-11-22(12-8-19)34(31,32)30-15-13-28(14-16-30)25-18-21(33-2)10-9-20(25)17-24-23-5-3-4-6-26(23)29-27(24)28/h3-12,18,29H,13-17H2,1-2H3. The number of H-pyrrole nitrogens is 1. The molecular formula is C28H28N2O3S. The van der Waals surface area contributed by atoms with Gasteiger partial charge in [-0.1, -0.05) is 42.0 Å². The fourth-order valence-corrected chi connectivity index (χ4v) is 7.33. The Bertz CT molecular complexity index is 1490. The molecule has 2 heterocycles. The maximum Gasteiger partial charge on any atom is 0.243 e. The van der Waals surface area contributed by atoms with Crippen molar-refractivity contribution >= 4 is 20.9 Å². The number of fused-ring (bicyclic) bond motifs is 6. The number of hydrogen-bond acceptors (Lipinski definition) is 3. The first-order chi connectivity index (χ1) is 16.4. The number of para-hydroxylation sites is 1. The fraction of sp³-hybridized carbons (Fsp3) is 0.286. The number of methoxy groups -OCH3 is 1. The van der Waals surface area contributed by atoms with Crippen LogP contribution >= 0.6 is 0 Å². The maximum atomic E-state index is 13.4. The zero-order valence-electron chi connectivity index (χ0n) is 19.5. The Balaban J connectivity index is 1.44. The zero-order chi connectivity index (χ0) is 23.5. The lowest BCUT2D eigenvalue weighted by Crippen LogP contribution is -2.47. The molecule has 5 nitrogen and oxygen atoms in total. The molecule has 1 spiro atoms. The van der Waals surface area contributed by atoms with Gasteiger partial charge >= 0.3 is 0 Å². The number of nitrogens with one attached hydrogen (secondary N) is 1. The molecule has 0 bridgehead atoms. The summed E-state index contributed by atoms with van der Waals surface area (Å²) in [7, 11) is -1.83. The summed E-state index contributed by atoms with van der Waals surface area (Å²) >= 11 is 0. The molecule has 0 unspecified atom stereocenters. The highest BCUT2D eigenvalue weighted by molar-refractivity contribution is 7.89. The Morgan fingerprint density at radius 3 is 2.44 bits per heavy atom. The molecule has 0 amide bonds. The van der Waals surface area contributed by atoms with Gasteiger partial charge in [-0.05, 0) is 66.8 Å². The summed E-state index contributed by atoms with van der Waals surface area (Å²) in [6.07, 6.45) is 2.31. The highest BCUT2D eigenvalue weighted by atomic mass is 32.2. The molecule has 6 rings (SSSR count). The molecule has 1 aliphatic heterocycles. The molecule has 0 saturated carbocycles. The summed E-state index contributed by atoms with van der Waals surface area (Å²) in [5.74, 6) is 0.840.